The summed E-state index contributed by atoms with van der Waals surface area (Å²) in [4.78, 5) is 85.0. The molecule has 0 amide bonds. The Bertz CT molecular complexity index is 7860. The number of methoxy groups -OCH3 is 1. The SMILES string of the molecule is COc1ccnc2cc(-c3ccccn3)nc(Nc3ccc4nc(C5CC5)sc4c3)c12.N#Cc1ccnc2cc(-c3cccnc3)nc(Nc3ccc4nc(C5CC5)sc4c3)c12.O=S(=O)(CCO)c1ccnc2cc(-c3cccnc3)nc(Nc3ccc4nc(C5CC5)sc4c3)c12.O=c1cc[nH]c2cc(-c3ccccn3)nc(Nc3ccc4nc(C5CC5)sc4c3)c12. The fourth-order valence-electron chi connectivity index (χ4n) is 15.0. The van der Waals surface area contributed by atoms with Gasteiger partial charge in [-0.3, -0.25) is 39.7 Å². The summed E-state index contributed by atoms with van der Waals surface area (Å²) in [6, 6.07) is 59.7. The monoisotopic (exact) mass is 1760 g/mol. The highest BCUT2D eigenvalue weighted by Crippen LogP contribution is 2.49. The third-order valence-corrected chi connectivity index (χ3v) is 28.5. The third kappa shape index (κ3) is 17.1. The predicted octanol–water partition coefficient (Wildman–Crippen LogP) is 21.6. The minimum Gasteiger partial charge on any atom is -0.496 e. The molecule has 4 aromatic carbocycles. The van der Waals surface area contributed by atoms with Crippen LogP contribution in [0, 0.1) is 11.3 Å². The number of thiazole rings is 4. The number of aromatic nitrogens is 16. The second kappa shape index (κ2) is 34.2. The first kappa shape index (κ1) is 79.6. The number of fused-ring (bicyclic) bond motifs is 8. The Hall–Kier alpha value is -14.5. The van der Waals surface area contributed by atoms with E-state index in [1.165, 1.54) is 94.4 Å². The number of hydrogen-bond donors (Lipinski definition) is 6. The van der Waals surface area contributed by atoms with Gasteiger partial charge in [-0.05, 0) is 215 Å². The lowest BCUT2D eigenvalue weighted by Gasteiger charge is -2.14. The minimum absolute atomic E-state index is 0.0822. The van der Waals surface area contributed by atoms with E-state index in [0.29, 0.717) is 91.1 Å². The second-order valence-corrected chi connectivity index (χ2v) is 37.5. The number of aromatic amines is 1. The summed E-state index contributed by atoms with van der Waals surface area (Å²) in [5.74, 6) is 5.04. The van der Waals surface area contributed by atoms with Crippen molar-refractivity contribution in [3.63, 3.8) is 0 Å². The van der Waals surface area contributed by atoms with Crippen LogP contribution in [-0.4, -0.2) is 113 Å². The van der Waals surface area contributed by atoms with Gasteiger partial charge in [0.15, 0.2) is 15.3 Å². The van der Waals surface area contributed by atoms with Crippen molar-refractivity contribution in [3.05, 3.63) is 280 Å². The van der Waals surface area contributed by atoms with Gasteiger partial charge in [-0.15, -0.1) is 45.3 Å². The fraction of sp³-hybridized carbons (Fsp3) is 0.156. The van der Waals surface area contributed by atoms with Crippen molar-refractivity contribution >= 4 is 186 Å². The smallest absolute Gasteiger partial charge is 0.193 e. The molecule has 4 fully saturated rings. The first-order valence-electron chi connectivity index (χ1n) is 41.4. The van der Waals surface area contributed by atoms with Crippen LogP contribution in [-0.2, 0) is 9.84 Å². The summed E-state index contributed by atoms with van der Waals surface area (Å²) in [7, 11) is -2.09. The first-order valence-corrected chi connectivity index (χ1v) is 46.3. The van der Waals surface area contributed by atoms with E-state index < -0.39 is 16.4 Å². The summed E-state index contributed by atoms with van der Waals surface area (Å²) < 4.78 is 36.1. The van der Waals surface area contributed by atoms with Gasteiger partial charge in [0, 0.05) is 126 Å². The number of H-pyrrole nitrogens is 1. The number of pyridine rings is 12. The number of aliphatic hydroxyl groups excluding tert-OH is 1. The van der Waals surface area contributed by atoms with Crippen LogP contribution in [0.4, 0.5) is 46.0 Å². The second-order valence-electron chi connectivity index (χ2n) is 31.2. The van der Waals surface area contributed by atoms with Crippen molar-refractivity contribution in [2.24, 2.45) is 0 Å². The van der Waals surface area contributed by atoms with Crippen LogP contribution < -0.4 is 31.4 Å². The lowest BCUT2D eigenvalue weighted by atomic mass is 10.1. The van der Waals surface area contributed by atoms with Crippen molar-refractivity contribution in [2.75, 3.05) is 40.7 Å². The number of rotatable bonds is 20. The Morgan fingerprint density at radius 3 is 1.27 bits per heavy atom. The van der Waals surface area contributed by atoms with Crippen molar-refractivity contribution < 1.29 is 18.3 Å². The number of ether oxygens (including phenoxy) is 1. The van der Waals surface area contributed by atoms with E-state index in [-0.39, 0.29) is 16.1 Å². The largest absolute Gasteiger partial charge is 0.496 e. The van der Waals surface area contributed by atoms with E-state index >= 15 is 0 Å². The lowest BCUT2D eigenvalue weighted by Crippen LogP contribution is -2.12. The van der Waals surface area contributed by atoms with Gasteiger partial charge in [0.25, 0.3) is 0 Å². The van der Waals surface area contributed by atoms with Gasteiger partial charge in [0.1, 0.15) is 35.1 Å². The highest BCUT2D eigenvalue weighted by molar-refractivity contribution is 7.91. The standard InChI is InChI=1S/C25H21N5O3S2.C24H16N6S.C24H19N5OS.C23H17N5OS/c31-10-11-35(32,33)22-7-9-27-20-13-19(16-2-1-8-26-14-16)29-24(23(20)22)28-17-5-6-18-21(12-17)34-25(30-18)15-3-4-15;25-12-15-7-9-27-20-11-19(16-2-1-8-26-13-16)29-23(22(15)20)28-17-5-6-18-21(10-17)31-24(30-18)14-3-4-14;1-30-20-9-11-26-19-13-18(16-4-2-3-10-25-16)28-23(22(19)20)27-15-7-8-17-21(12-15)31-24(29-17)14-5-6-14;29-19-8-10-25-18-12-17(15-3-1-2-9-24-15)27-22(21(18)19)26-14-6-7-16-20(11-14)30-23(28-16)13-4-5-13/h1-2,5-9,12-15,31H,3-4,10-11H2,(H,28,29);1-2,5-11,13-14H,3-4H2,(H,28,29);2-4,7-14H,5-6H2,1H3,(H,27,28);1-3,6-13H,4-5H2,(H,25,29)(H,26,27). The Morgan fingerprint density at radius 1 is 0.417 bits per heavy atom. The lowest BCUT2D eigenvalue weighted by molar-refractivity contribution is 0.319. The summed E-state index contributed by atoms with van der Waals surface area (Å²) in [5.41, 5.74) is 16.8. The maximum absolute atomic E-state index is 13.0. The zero-order valence-electron chi connectivity index (χ0n) is 67.8. The molecule has 0 saturated heterocycles. The molecule has 622 valence electrons. The summed E-state index contributed by atoms with van der Waals surface area (Å²) in [6.07, 6.45) is 26.8. The van der Waals surface area contributed by atoms with Gasteiger partial charge < -0.3 is 36.1 Å². The number of aliphatic hydroxyl groups is 1. The molecule has 20 aromatic rings. The van der Waals surface area contributed by atoms with E-state index in [9.17, 15) is 23.6 Å². The summed E-state index contributed by atoms with van der Waals surface area (Å²) in [5, 5.41) is 40.0. The molecule has 0 bridgehead atoms. The first-order chi connectivity index (χ1) is 62.3. The summed E-state index contributed by atoms with van der Waals surface area (Å²) in [6.45, 7) is -0.471. The molecule has 24 rings (SSSR count). The maximum Gasteiger partial charge on any atom is 0.193 e. The zero-order valence-corrected chi connectivity index (χ0v) is 71.8. The van der Waals surface area contributed by atoms with Gasteiger partial charge in [0.2, 0.25) is 0 Å². The molecule has 127 heavy (non-hydrogen) atoms. The van der Waals surface area contributed by atoms with Gasteiger partial charge in [0.05, 0.1) is 169 Å². The molecule has 0 atom stereocenters. The van der Waals surface area contributed by atoms with E-state index in [4.69, 9.17) is 44.6 Å². The van der Waals surface area contributed by atoms with Crippen molar-refractivity contribution in [2.45, 2.75) is 79.9 Å². The number of sulfone groups is 1. The average Bonchev–Trinajstić information content (AvgIpc) is 1.75. The molecule has 4 aliphatic rings. The quantitative estimate of drug-likeness (QED) is 0.0413. The number of nitrogens with zero attached hydrogens (tertiary/aromatic N) is 16. The fourth-order valence-corrected chi connectivity index (χ4v) is 21.0. The van der Waals surface area contributed by atoms with Crippen LogP contribution in [0.3, 0.4) is 0 Å². The average molecular weight is 1760 g/mol. The van der Waals surface area contributed by atoms with Gasteiger partial charge in [-0.2, -0.15) is 5.26 Å². The van der Waals surface area contributed by atoms with Gasteiger partial charge in [-0.25, -0.2) is 48.3 Å². The third-order valence-electron chi connectivity index (χ3n) is 22.0. The van der Waals surface area contributed by atoms with Crippen molar-refractivity contribution in [1.29, 1.82) is 5.26 Å². The molecule has 16 heterocycles. The number of benzene rings is 4. The molecular formula is C96H73N21O5S5. The topological polar surface area (TPSA) is 362 Å². The molecule has 6 N–H and O–H groups in total. The molecule has 26 nitrogen and oxygen atoms in total. The Labute approximate surface area is 741 Å². The highest BCUT2D eigenvalue weighted by atomic mass is 32.2. The van der Waals surface area contributed by atoms with Crippen LogP contribution in [0.2, 0.25) is 0 Å². The Morgan fingerprint density at radius 2 is 0.835 bits per heavy atom. The molecule has 16 aromatic heterocycles. The normalized spacial score (nSPS) is 13.7. The Balaban J connectivity index is 0.000000103. The molecule has 0 aliphatic heterocycles. The molecule has 4 aliphatic carbocycles. The van der Waals surface area contributed by atoms with Crippen LogP contribution in [0.5, 0.6) is 5.75 Å². The maximum atomic E-state index is 13.0. The number of anilines is 8. The van der Waals surface area contributed by atoms with Crippen molar-refractivity contribution in [3.8, 4) is 57.1 Å². The molecule has 4 saturated carbocycles. The van der Waals surface area contributed by atoms with E-state index in [2.05, 4.69) is 91.5 Å². The van der Waals surface area contributed by atoms with Crippen molar-refractivity contribution in [1.82, 2.24) is 79.7 Å². The van der Waals surface area contributed by atoms with Gasteiger partial charge >= 0.3 is 0 Å². The van der Waals surface area contributed by atoms with E-state index in [1.807, 2.05) is 133 Å². The van der Waals surface area contributed by atoms with Crippen LogP contribution >= 0.6 is 45.3 Å². The Kier molecular flexibility index (Phi) is 21.4. The zero-order chi connectivity index (χ0) is 85.6. The molecule has 0 unspecified atom stereocenters. The minimum atomic E-state index is -3.75. The van der Waals surface area contributed by atoms with Crippen LogP contribution in [0.1, 0.15) is 101 Å². The number of nitrogens with one attached hydrogen (secondary N) is 5. The molecule has 0 spiro atoms. The summed E-state index contributed by atoms with van der Waals surface area (Å²) >= 11 is 6.99. The molecule has 0 radical (unpaired) electrons. The number of nitriles is 1. The predicted molar refractivity (Wildman–Crippen MR) is 504 cm³/mol. The molecule has 31 heteroatoms. The highest BCUT2D eigenvalue weighted by Gasteiger charge is 2.32. The van der Waals surface area contributed by atoms with E-state index in [0.717, 1.165) is 115 Å². The number of hydrogen-bond acceptors (Lipinski definition) is 29. The molecular weight excluding hydrogens is 1690 g/mol. The van der Waals surface area contributed by atoms with Crippen LogP contribution in [0.25, 0.3) is 130 Å². The van der Waals surface area contributed by atoms with E-state index in [1.54, 1.807) is 120 Å². The van der Waals surface area contributed by atoms with Crippen LogP contribution in [0.15, 0.2) is 254 Å². The van der Waals surface area contributed by atoms with Gasteiger partial charge in [-0.1, -0.05) is 12.1 Å².